The maximum absolute atomic E-state index is 11.6. The van der Waals surface area contributed by atoms with Gasteiger partial charge in [-0.3, -0.25) is 9.78 Å². The Hall–Kier alpha value is -1.68. The first-order chi connectivity index (χ1) is 6.70. The fourth-order valence-corrected chi connectivity index (χ4v) is 1.29. The molecule has 1 unspecified atom stereocenters. The number of furan rings is 1. The zero-order valence-corrected chi connectivity index (χ0v) is 7.73. The van der Waals surface area contributed by atoms with E-state index in [2.05, 4.69) is 4.98 Å². The van der Waals surface area contributed by atoms with Crippen molar-refractivity contribution in [3.63, 3.8) is 0 Å². The first-order valence-corrected chi connectivity index (χ1v) is 4.32. The summed E-state index contributed by atoms with van der Waals surface area (Å²) in [7, 11) is 0. The standard InChI is InChI=1S/C10H10N2O2/c1-6(11)10(13)7-5-14-8-3-2-4-12-9(7)8/h2-6H,11H2,1H3. The highest BCUT2D eigenvalue weighted by molar-refractivity contribution is 6.08. The van der Waals surface area contributed by atoms with Crippen LogP contribution in [0.5, 0.6) is 0 Å². The molecule has 4 nitrogen and oxygen atoms in total. The largest absolute Gasteiger partial charge is 0.462 e. The minimum Gasteiger partial charge on any atom is -0.462 e. The number of pyridine rings is 1. The van der Waals surface area contributed by atoms with E-state index in [9.17, 15) is 4.79 Å². The second kappa shape index (κ2) is 3.23. The third-order valence-corrected chi connectivity index (χ3v) is 2.01. The van der Waals surface area contributed by atoms with E-state index in [1.807, 2.05) is 0 Å². The van der Waals surface area contributed by atoms with Crippen LogP contribution in [0.25, 0.3) is 11.1 Å². The Kier molecular flexibility index (Phi) is 2.05. The van der Waals surface area contributed by atoms with Crippen LogP contribution in [-0.4, -0.2) is 16.8 Å². The monoisotopic (exact) mass is 190 g/mol. The predicted octanol–water partition coefficient (Wildman–Crippen LogP) is 1.36. The molecule has 0 aromatic carbocycles. The first kappa shape index (κ1) is 8.90. The lowest BCUT2D eigenvalue weighted by Crippen LogP contribution is -2.26. The van der Waals surface area contributed by atoms with Crippen LogP contribution in [0.2, 0.25) is 0 Å². The van der Waals surface area contributed by atoms with E-state index < -0.39 is 6.04 Å². The second-order valence-corrected chi connectivity index (χ2v) is 3.15. The summed E-state index contributed by atoms with van der Waals surface area (Å²) in [5.41, 5.74) is 7.14. The van der Waals surface area contributed by atoms with Gasteiger partial charge in [-0.2, -0.15) is 0 Å². The van der Waals surface area contributed by atoms with Crippen LogP contribution in [0.3, 0.4) is 0 Å². The average molecular weight is 190 g/mol. The molecule has 0 radical (unpaired) electrons. The number of ketones is 1. The number of nitrogens with zero attached hydrogens (tertiary/aromatic N) is 1. The summed E-state index contributed by atoms with van der Waals surface area (Å²) in [5, 5.41) is 0. The van der Waals surface area contributed by atoms with Gasteiger partial charge >= 0.3 is 0 Å². The number of aromatic nitrogens is 1. The lowest BCUT2D eigenvalue weighted by Gasteiger charge is -1.99. The highest BCUT2D eigenvalue weighted by Crippen LogP contribution is 2.19. The Morgan fingerprint density at radius 2 is 2.43 bits per heavy atom. The molecule has 0 aliphatic rings. The van der Waals surface area contributed by atoms with Crippen LogP contribution in [0, 0.1) is 0 Å². The molecule has 2 heterocycles. The van der Waals surface area contributed by atoms with Crippen molar-refractivity contribution in [2.45, 2.75) is 13.0 Å². The summed E-state index contributed by atoms with van der Waals surface area (Å²) < 4.78 is 5.18. The summed E-state index contributed by atoms with van der Waals surface area (Å²) in [6, 6.07) is 2.99. The summed E-state index contributed by atoms with van der Waals surface area (Å²) in [6.07, 6.45) is 3.03. The van der Waals surface area contributed by atoms with Crippen molar-refractivity contribution in [1.29, 1.82) is 0 Å². The van der Waals surface area contributed by atoms with Crippen molar-refractivity contribution in [3.05, 3.63) is 30.2 Å². The van der Waals surface area contributed by atoms with E-state index in [4.69, 9.17) is 10.2 Å². The van der Waals surface area contributed by atoms with Crippen LogP contribution in [-0.2, 0) is 0 Å². The Labute approximate surface area is 80.7 Å². The lowest BCUT2D eigenvalue weighted by atomic mass is 10.1. The van der Waals surface area contributed by atoms with Gasteiger partial charge in [0.15, 0.2) is 11.4 Å². The number of rotatable bonds is 2. The van der Waals surface area contributed by atoms with Crippen LogP contribution < -0.4 is 5.73 Å². The summed E-state index contributed by atoms with van der Waals surface area (Å²) >= 11 is 0. The number of hydrogen-bond donors (Lipinski definition) is 1. The minimum atomic E-state index is -0.530. The van der Waals surface area contributed by atoms with Gasteiger partial charge in [0.2, 0.25) is 0 Å². The molecule has 0 saturated carbocycles. The zero-order chi connectivity index (χ0) is 10.1. The number of Topliss-reactive ketones (excluding diaryl/α,β-unsaturated/α-hetero) is 1. The number of hydrogen-bond acceptors (Lipinski definition) is 4. The molecule has 0 spiro atoms. The number of fused-ring (bicyclic) bond motifs is 1. The van der Waals surface area contributed by atoms with E-state index in [-0.39, 0.29) is 5.78 Å². The smallest absolute Gasteiger partial charge is 0.184 e. The van der Waals surface area contributed by atoms with Crippen molar-refractivity contribution < 1.29 is 9.21 Å². The van der Waals surface area contributed by atoms with Gasteiger partial charge in [0.25, 0.3) is 0 Å². The average Bonchev–Trinajstić information content (AvgIpc) is 2.60. The third-order valence-electron chi connectivity index (χ3n) is 2.01. The molecule has 2 aromatic rings. The minimum absolute atomic E-state index is 0.151. The Morgan fingerprint density at radius 3 is 3.14 bits per heavy atom. The molecule has 2 N–H and O–H groups in total. The van der Waals surface area contributed by atoms with E-state index in [1.54, 1.807) is 25.3 Å². The topological polar surface area (TPSA) is 69.1 Å². The van der Waals surface area contributed by atoms with E-state index >= 15 is 0 Å². The number of nitrogens with two attached hydrogens (primary N) is 1. The highest BCUT2D eigenvalue weighted by Gasteiger charge is 2.17. The fraction of sp³-hybridized carbons (Fsp3) is 0.200. The normalized spacial score (nSPS) is 13.0. The maximum Gasteiger partial charge on any atom is 0.184 e. The molecule has 2 rings (SSSR count). The number of carbonyl (C=O) groups is 1. The van der Waals surface area contributed by atoms with Gasteiger partial charge in [-0.25, -0.2) is 0 Å². The van der Waals surface area contributed by atoms with Gasteiger partial charge < -0.3 is 10.2 Å². The molecule has 0 fully saturated rings. The van der Waals surface area contributed by atoms with E-state index in [0.717, 1.165) is 0 Å². The molecule has 0 amide bonds. The molecule has 1 atom stereocenters. The lowest BCUT2D eigenvalue weighted by molar-refractivity contribution is 0.0968. The molecule has 2 aromatic heterocycles. The van der Waals surface area contributed by atoms with Crippen LogP contribution >= 0.6 is 0 Å². The van der Waals surface area contributed by atoms with Crippen molar-refractivity contribution in [2.24, 2.45) is 5.73 Å². The van der Waals surface area contributed by atoms with Crippen molar-refractivity contribution in [3.8, 4) is 0 Å². The molecule has 0 aliphatic carbocycles. The van der Waals surface area contributed by atoms with Gasteiger partial charge in [-0.1, -0.05) is 0 Å². The zero-order valence-electron chi connectivity index (χ0n) is 7.73. The van der Waals surface area contributed by atoms with Crippen molar-refractivity contribution >= 4 is 16.9 Å². The second-order valence-electron chi connectivity index (χ2n) is 3.15. The van der Waals surface area contributed by atoms with Crippen LogP contribution in [0.4, 0.5) is 0 Å². The van der Waals surface area contributed by atoms with Crippen LogP contribution in [0.1, 0.15) is 17.3 Å². The first-order valence-electron chi connectivity index (χ1n) is 4.32. The third kappa shape index (κ3) is 1.29. The predicted molar refractivity (Wildman–Crippen MR) is 52.0 cm³/mol. The summed E-state index contributed by atoms with van der Waals surface area (Å²) in [6.45, 7) is 1.64. The number of carbonyl (C=O) groups excluding carboxylic acids is 1. The highest BCUT2D eigenvalue weighted by atomic mass is 16.3. The van der Waals surface area contributed by atoms with Crippen molar-refractivity contribution in [2.75, 3.05) is 0 Å². The molecular formula is C10H10N2O2. The molecule has 72 valence electrons. The SMILES string of the molecule is CC(N)C(=O)c1coc2cccnc12. The Bertz CT molecular complexity index is 474. The van der Waals surface area contributed by atoms with Gasteiger partial charge in [-0.15, -0.1) is 0 Å². The Morgan fingerprint density at radius 1 is 1.64 bits per heavy atom. The molecule has 0 saturated heterocycles. The van der Waals surface area contributed by atoms with Gasteiger partial charge in [0.05, 0.1) is 11.6 Å². The molecule has 0 bridgehead atoms. The van der Waals surface area contributed by atoms with Gasteiger partial charge in [0, 0.05) is 6.20 Å². The maximum atomic E-state index is 11.6. The molecular weight excluding hydrogens is 180 g/mol. The van der Waals surface area contributed by atoms with Crippen LogP contribution in [0.15, 0.2) is 29.0 Å². The molecule has 14 heavy (non-hydrogen) atoms. The van der Waals surface area contributed by atoms with Crippen molar-refractivity contribution in [1.82, 2.24) is 4.98 Å². The fourth-order valence-electron chi connectivity index (χ4n) is 1.29. The van der Waals surface area contributed by atoms with Gasteiger partial charge in [-0.05, 0) is 19.1 Å². The van der Waals surface area contributed by atoms with Gasteiger partial charge in [0.1, 0.15) is 11.8 Å². The quantitative estimate of drug-likeness (QED) is 0.726. The molecule has 4 heteroatoms. The summed E-state index contributed by atoms with van der Waals surface area (Å²) in [4.78, 5) is 15.7. The molecule has 0 aliphatic heterocycles. The van der Waals surface area contributed by atoms with E-state index in [1.165, 1.54) is 6.26 Å². The summed E-state index contributed by atoms with van der Waals surface area (Å²) in [5.74, 6) is -0.151. The Balaban J connectivity index is 2.58. The van der Waals surface area contributed by atoms with E-state index in [0.29, 0.717) is 16.7 Å².